The topological polar surface area (TPSA) is 76.9 Å². The van der Waals surface area contributed by atoms with Crippen LogP contribution >= 0.6 is 11.3 Å². The van der Waals surface area contributed by atoms with Crippen LogP contribution in [0.25, 0.3) is 10.2 Å². The molecule has 5 rings (SSSR count). The molecule has 0 spiro atoms. The first-order valence-electron chi connectivity index (χ1n) is 11.9. The van der Waals surface area contributed by atoms with Gasteiger partial charge in [-0.25, -0.2) is 4.98 Å². The molecular weight excluding hydrogens is 468 g/mol. The van der Waals surface area contributed by atoms with Crippen LogP contribution in [0.2, 0.25) is 0 Å². The molecule has 1 amide bonds. The quantitative estimate of drug-likeness (QED) is 0.332. The van der Waals surface area contributed by atoms with E-state index in [-0.39, 0.29) is 23.4 Å². The summed E-state index contributed by atoms with van der Waals surface area (Å²) in [5.74, 6) is -0.370. The summed E-state index contributed by atoms with van der Waals surface area (Å²) in [4.78, 5) is 35.3. The number of nitrogens with one attached hydrogen (secondary N) is 1. The zero-order valence-electron chi connectivity index (χ0n) is 20.0. The van der Waals surface area contributed by atoms with Crippen molar-refractivity contribution in [2.75, 3.05) is 0 Å². The normalized spacial score (nSPS) is 11.0. The number of hydrogen-bond acceptors (Lipinski definition) is 5. The molecule has 2 aromatic carbocycles. The van der Waals surface area contributed by atoms with Crippen LogP contribution in [0, 0.1) is 6.92 Å². The number of aryl methyl sites for hydroxylation is 2. The first-order valence-corrected chi connectivity index (χ1v) is 12.7. The van der Waals surface area contributed by atoms with Crippen molar-refractivity contribution < 1.29 is 4.79 Å². The summed E-state index contributed by atoms with van der Waals surface area (Å²) in [6.07, 6.45) is 4.79. The predicted molar refractivity (Wildman–Crippen MR) is 143 cm³/mol. The Labute approximate surface area is 213 Å². The van der Waals surface area contributed by atoms with Crippen molar-refractivity contribution in [1.29, 1.82) is 0 Å². The number of carbonyl (C=O) groups excluding carboxylic acids is 1. The molecule has 0 unspecified atom stereocenters. The van der Waals surface area contributed by atoms with Crippen molar-refractivity contribution in [2.24, 2.45) is 0 Å². The summed E-state index contributed by atoms with van der Waals surface area (Å²) in [5.41, 5.74) is 4.62. The van der Waals surface area contributed by atoms with Crippen molar-refractivity contribution >= 4 is 27.5 Å². The molecule has 0 fully saturated rings. The number of aromatic nitrogens is 3. The van der Waals surface area contributed by atoms with E-state index in [1.807, 2.05) is 61.5 Å². The lowest BCUT2D eigenvalue weighted by Gasteiger charge is -2.20. The molecule has 0 saturated heterocycles. The maximum Gasteiger partial charge on any atom is 0.257 e. The minimum absolute atomic E-state index is 0.201. The van der Waals surface area contributed by atoms with Crippen LogP contribution in [0.1, 0.15) is 37.9 Å². The van der Waals surface area contributed by atoms with Gasteiger partial charge in [0.15, 0.2) is 5.43 Å². The molecule has 36 heavy (non-hydrogen) atoms. The van der Waals surface area contributed by atoms with Gasteiger partial charge in [-0.1, -0.05) is 42.5 Å². The highest BCUT2D eigenvalue weighted by atomic mass is 32.1. The van der Waals surface area contributed by atoms with Crippen LogP contribution in [0.3, 0.4) is 0 Å². The lowest BCUT2D eigenvalue weighted by Crippen LogP contribution is -2.33. The fourth-order valence-electron chi connectivity index (χ4n) is 4.37. The molecule has 0 aliphatic rings. The minimum atomic E-state index is -0.370. The smallest absolute Gasteiger partial charge is 0.257 e. The number of hydrogen-bond donors (Lipinski definition) is 1. The van der Waals surface area contributed by atoms with E-state index < -0.39 is 0 Å². The number of nitrogens with zero attached hydrogens (tertiary/aromatic N) is 3. The van der Waals surface area contributed by atoms with Gasteiger partial charge in [0.25, 0.3) is 5.91 Å². The van der Waals surface area contributed by atoms with Crippen LogP contribution in [0.4, 0.5) is 0 Å². The number of carbonyl (C=O) groups is 1. The zero-order chi connectivity index (χ0) is 24.9. The Hall–Kier alpha value is -4.10. The highest BCUT2D eigenvalue weighted by molar-refractivity contribution is 7.18. The summed E-state index contributed by atoms with van der Waals surface area (Å²) in [6, 6.07) is 23.5. The maximum atomic E-state index is 13.4. The number of fused-ring (bicyclic) bond motifs is 1. The largest absolute Gasteiger partial charge is 0.345 e. The number of pyridine rings is 2. The van der Waals surface area contributed by atoms with E-state index in [1.54, 1.807) is 29.8 Å². The van der Waals surface area contributed by atoms with Crippen LogP contribution in [-0.4, -0.2) is 20.4 Å². The third-order valence-electron chi connectivity index (χ3n) is 6.18. The molecule has 180 valence electrons. The van der Waals surface area contributed by atoms with Crippen molar-refractivity contribution in [2.45, 2.75) is 32.9 Å². The fraction of sp³-hybridized carbons (Fsp3) is 0.172. The third-order valence-corrected chi connectivity index (χ3v) is 7.21. The van der Waals surface area contributed by atoms with Gasteiger partial charge in [0.05, 0.1) is 16.8 Å². The van der Waals surface area contributed by atoms with Gasteiger partial charge in [0.2, 0.25) is 0 Å². The van der Waals surface area contributed by atoms with Gasteiger partial charge in [-0.05, 0) is 55.2 Å². The molecule has 3 aromatic heterocycles. The van der Waals surface area contributed by atoms with Gasteiger partial charge in [-0.2, -0.15) is 0 Å². The van der Waals surface area contributed by atoms with Crippen molar-refractivity contribution in [3.05, 3.63) is 128 Å². The minimum Gasteiger partial charge on any atom is -0.345 e. The molecule has 0 aliphatic heterocycles. The summed E-state index contributed by atoms with van der Waals surface area (Å²) < 4.78 is 3.15. The summed E-state index contributed by atoms with van der Waals surface area (Å²) in [5, 5.41) is 3.76. The number of para-hydroxylation sites is 1. The van der Waals surface area contributed by atoms with Gasteiger partial charge in [-0.3, -0.25) is 14.6 Å². The second kappa shape index (κ2) is 10.7. The molecule has 0 radical (unpaired) electrons. The van der Waals surface area contributed by atoms with Gasteiger partial charge in [-0.15, -0.1) is 11.3 Å². The Bertz CT molecular complexity index is 1530. The van der Waals surface area contributed by atoms with Crippen LogP contribution in [0.15, 0.2) is 90.0 Å². The van der Waals surface area contributed by atoms with Crippen molar-refractivity contribution in [3.8, 4) is 0 Å². The molecule has 0 saturated carbocycles. The highest BCUT2D eigenvalue weighted by Gasteiger charge is 2.21. The van der Waals surface area contributed by atoms with E-state index in [0.717, 1.165) is 44.2 Å². The van der Waals surface area contributed by atoms with Gasteiger partial charge in [0, 0.05) is 36.4 Å². The average molecular weight is 495 g/mol. The highest BCUT2D eigenvalue weighted by Crippen LogP contribution is 2.21. The molecule has 3 heterocycles. The predicted octanol–water partition coefficient (Wildman–Crippen LogP) is 4.92. The number of thiazole rings is 1. The first-order chi connectivity index (χ1) is 17.6. The third kappa shape index (κ3) is 5.26. The van der Waals surface area contributed by atoms with E-state index in [1.165, 1.54) is 0 Å². The van der Waals surface area contributed by atoms with E-state index in [4.69, 9.17) is 0 Å². The standard InChI is InChI=1S/C29H26N4O2S/c1-20-17-25(34)28(29(35)31-18-27-32-23-9-5-6-10-26(23)36-27)24(12-11-21-7-3-2-4-8-21)33(20)19-22-13-15-30-16-14-22/h2-10,13-17H,11-12,18-19H2,1H3,(H,31,35). The van der Waals surface area contributed by atoms with Crippen LogP contribution < -0.4 is 10.7 Å². The Morgan fingerprint density at radius 2 is 1.69 bits per heavy atom. The maximum absolute atomic E-state index is 13.4. The zero-order valence-corrected chi connectivity index (χ0v) is 20.8. The van der Waals surface area contributed by atoms with Gasteiger partial charge >= 0.3 is 0 Å². The second-order valence-corrected chi connectivity index (χ2v) is 9.77. The fourth-order valence-corrected chi connectivity index (χ4v) is 5.28. The lowest BCUT2D eigenvalue weighted by atomic mass is 10.0. The summed E-state index contributed by atoms with van der Waals surface area (Å²) in [6.45, 7) is 2.74. The lowest BCUT2D eigenvalue weighted by molar-refractivity contribution is 0.0947. The Balaban J connectivity index is 1.48. The number of benzene rings is 2. The molecule has 6 nitrogen and oxygen atoms in total. The number of rotatable bonds is 8. The monoisotopic (exact) mass is 494 g/mol. The molecule has 0 bridgehead atoms. The summed E-state index contributed by atoms with van der Waals surface area (Å²) in [7, 11) is 0. The van der Waals surface area contributed by atoms with E-state index >= 15 is 0 Å². The molecular formula is C29H26N4O2S. The Morgan fingerprint density at radius 1 is 0.944 bits per heavy atom. The molecule has 1 N–H and O–H groups in total. The molecule has 5 aromatic rings. The molecule has 7 heteroatoms. The Kier molecular flexibility index (Phi) is 7.00. The average Bonchev–Trinajstić information content (AvgIpc) is 3.32. The van der Waals surface area contributed by atoms with E-state index in [2.05, 4.69) is 32.0 Å². The second-order valence-electron chi connectivity index (χ2n) is 8.66. The summed E-state index contributed by atoms with van der Waals surface area (Å²) >= 11 is 1.54. The van der Waals surface area contributed by atoms with Crippen LogP contribution in [0.5, 0.6) is 0 Å². The van der Waals surface area contributed by atoms with Crippen LogP contribution in [-0.2, 0) is 25.9 Å². The van der Waals surface area contributed by atoms with Gasteiger partial charge < -0.3 is 9.88 Å². The van der Waals surface area contributed by atoms with Crippen molar-refractivity contribution in [3.63, 3.8) is 0 Å². The van der Waals surface area contributed by atoms with E-state index in [0.29, 0.717) is 13.0 Å². The molecule has 0 aliphatic carbocycles. The van der Waals surface area contributed by atoms with Gasteiger partial charge in [0.1, 0.15) is 10.6 Å². The van der Waals surface area contributed by atoms with E-state index in [9.17, 15) is 9.59 Å². The SMILES string of the molecule is Cc1cc(=O)c(C(=O)NCc2nc3ccccc3s2)c(CCc2ccccc2)n1Cc1ccncc1. The van der Waals surface area contributed by atoms with Crippen molar-refractivity contribution in [1.82, 2.24) is 19.9 Å². The number of amides is 1. The molecule has 0 atom stereocenters. The first kappa shape index (κ1) is 23.6. The Morgan fingerprint density at radius 3 is 2.47 bits per heavy atom.